The molecule has 0 aliphatic carbocycles. The molecule has 1 saturated heterocycles. The Morgan fingerprint density at radius 1 is 1.21 bits per heavy atom. The summed E-state index contributed by atoms with van der Waals surface area (Å²) in [7, 11) is 0. The van der Waals surface area contributed by atoms with Crippen molar-refractivity contribution in [3.8, 4) is 11.5 Å². The lowest BCUT2D eigenvalue weighted by Crippen LogP contribution is -2.53. The van der Waals surface area contributed by atoms with Crippen LogP contribution in [0.1, 0.15) is 17.5 Å². The minimum Gasteiger partial charge on any atom is -0.493 e. The van der Waals surface area contributed by atoms with E-state index in [1.54, 1.807) is 4.90 Å². The quantitative estimate of drug-likeness (QED) is 0.832. The summed E-state index contributed by atoms with van der Waals surface area (Å²) < 4.78 is 16.9. The number of ether oxygens (including phenoxy) is 3. The summed E-state index contributed by atoms with van der Waals surface area (Å²) in [5.74, 6) is 1.76. The van der Waals surface area contributed by atoms with Crippen LogP contribution < -0.4 is 14.8 Å². The van der Waals surface area contributed by atoms with Crippen molar-refractivity contribution in [3.05, 3.63) is 59.7 Å². The Balaban J connectivity index is 1.21. The van der Waals surface area contributed by atoms with Crippen molar-refractivity contribution in [1.29, 1.82) is 0 Å². The predicted molar refractivity (Wildman–Crippen MR) is 106 cm³/mol. The summed E-state index contributed by atoms with van der Waals surface area (Å²) in [5.41, 5.74) is 2.24. The Labute approximate surface area is 165 Å². The number of hydrogen-bond acceptors (Lipinski definition) is 5. The number of piperazine rings is 1. The van der Waals surface area contributed by atoms with Crippen molar-refractivity contribution < 1.29 is 19.0 Å². The third kappa shape index (κ3) is 4.75. The third-order valence-electron chi connectivity index (χ3n) is 5.12. The fourth-order valence-electron chi connectivity index (χ4n) is 3.55. The first kappa shape index (κ1) is 18.6. The molecule has 0 spiro atoms. The van der Waals surface area contributed by atoms with Crippen molar-refractivity contribution in [2.75, 3.05) is 32.8 Å². The summed E-state index contributed by atoms with van der Waals surface area (Å²) in [6.07, 6.45) is 1.53. The van der Waals surface area contributed by atoms with Crippen LogP contribution in [0, 0.1) is 0 Å². The number of amides is 1. The molecule has 6 nitrogen and oxygen atoms in total. The Kier molecular flexibility index (Phi) is 5.97. The molecule has 2 aliphatic rings. The van der Waals surface area contributed by atoms with E-state index in [1.165, 1.54) is 5.56 Å². The molecule has 2 heterocycles. The highest BCUT2D eigenvalue weighted by Gasteiger charge is 2.24. The number of rotatable bonds is 6. The molecule has 1 fully saturated rings. The number of hydrogen-bond donors (Lipinski definition) is 1. The van der Waals surface area contributed by atoms with Gasteiger partial charge < -0.3 is 24.4 Å². The molecule has 148 valence electrons. The van der Waals surface area contributed by atoms with E-state index in [2.05, 4.69) is 11.4 Å². The van der Waals surface area contributed by atoms with Crippen molar-refractivity contribution >= 4 is 6.09 Å². The fraction of sp³-hybridized carbons (Fsp3) is 0.409. The van der Waals surface area contributed by atoms with Crippen LogP contribution in [0.4, 0.5) is 4.79 Å². The molecular weight excluding hydrogens is 356 g/mol. The normalized spacial score (nSPS) is 18.3. The number of fused-ring (bicyclic) bond motifs is 1. The van der Waals surface area contributed by atoms with Crippen LogP contribution in [-0.4, -0.2) is 49.9 Å². The fourth-order valence-corrected chi connectivity index (χ4v) is 3.55. The summed E-state index contributed by atoms with van der Waals surface area (Å²) in [5, 5.41) is 3.45. The van der Waals surface area contributed by atoms with Crippen LogP contribution in [0.25, 0.3) is 0 Å². The average Bonchev–Trinajstić information content (AvgIpc) is 3.21. The van der Waals surface area contributed by atoms with E-state index < -0.39 is 0 Å². The first-order chi connectivity index (χ1) is 13.8. The summed E-state index contributed by atoms with van der Waals surface area (Å²) in [6, 6.07) is 16.0. The van der Waals surface area contributed by atoms with Gasteiger partial charge in [0.1, 0.15) is 18.1 Å². The molecule has 1 atom stereocenters. The molecule has 0 radical (unpaired) electrons. The van der Waals surface area contributed by atoms with Crippen LogP contribution in [0.15, 0.2) is 48.5 Å². The van der Waals surface area contributed by atoms with Gasteiger partial charge in [0, 0.05) is 38.2 Å². The maximum absolute atomic E-state index is 12.4. The molecule has 1 amide bonds. The summed E-state index contributed by atoms with van der Waals surface area (Å²) in [6.45, 7) is 3.69. The zero-order chi connectivity index (χ0) is 19.2. The summed E-state index contributed by atoms with van der Waals surface area (Å²) >= 11 is 0. The lowest BCUT2D eigenvalue weighted by molar-refractivity contribution is 0.0827. The van der Waals surface area contributed by atoms with Gasteiger partial charge in [0.25, 0.3) is 0 Å². The first-order valence-electron chi connectivity index (χ1n) is 9.85. The van der Waals surface area contributed by atoms with Crippen molar-refractivity contribution in [3.63, 3.8) is 0 Å². The molecular formula is C22H26N2O4. The SMILES string of the molecule is O=C(OCc1ccccc1)N1CCN[C@H](CCOc2ccc3c(c2)OCC3)C1. The van der Waals surface area contributed by atoms with Crippen LogP contribution in [0.2, 0.25) is 0 Å². The number of carbonyl (C=O) groups is 1. The second-order valence-corrected chi connectivity index (χ2v) is 7.14. The Hall–Kier alpha value is -2.73. The Bertz CT molecular complexity index is 796. The van der Waals surface area contributed by atoms with Gasteiger partial charge in [0.05, 0.1) is 13.2 Å². The van der Waals surface area contributed by atoms with E-state index in [1.807, 2.05) is 42.5 Å². The van der Waals surface area contributed by atoms with Gasteiger partial charge in [-0.25, -0.2) is 4.79 Å². The maximum atomic E-state index is 12.4. The molecule has 4 rings (SSSR count). The molecule has 0 saturated carbocycles. The smallest absolute Gasteiger partial charge is 0.410 e. The van der Waals surface area contributed by atoms with Crippen LogP contribution in [-0.2, 0) is 17.8 Å². The Morgan fingerprint density at radius 2 is 2.11 bits per heavy atom. The largest absolute Gasteiger partial charge is 0.493 e. The highest BCUT2D eigenvalue weighted by molar-refractivity contribution is 5.67. The van der Waals surface area contributed by atoms with Gasteiger partial charge in [0.2, 0.25) is 0 Å². The molecule has 2 aliphatic heterocycles. The maximum Gasteiger partial charge on any atom is 0.410 e. The second kappa shape index (κ2) is 8.97. The van der Waals surface area contributed by atoms with Crippen LogP contribution in [0.3, 0.4) is 0 Å². The van der Waals surface area contributed by atoms with Crippen molar-refractivity contribution in [2.24, 2.45) is 0 Å². The Morgan fingerprint density at radius 3 is 3.00 bits per heavy atom. The van der Waals surface area contributed by atoms with Gasteiger partial charge in [-0.05, 0) is 23.6 Å². The molecule has 0 aromatic heterocycles. The van der Waals surface area contributed by atoms with Gasteiger partial charge in [0.15, 0.2) is 0 Å². The summed E-state index contributed by atoms with van der Waals surface area (Å²) in [4.78, 5) is 14.1. The van der Waals surface area contributed by atoms with Gasteiger partial charge >= 0.3 is 6.09 Å². The van der Waals surface area contributed by atoms with Gasteiger partial charge in [-0.1, -0.05) is 36.4 Å². The topological polar surface area (TPSA) is 60.0 Å². The average molecular weight is 382 g/mol. The standard InChI is InChI=1S/C22H26N2O4/c25-22(28-16-17-4-2-1-3-5-17)24-11-10-23-19(15-24)9-13-26-20-7-6-18-8-12-27-21(18)14-20/h1-7,14,19,23H,8-13,15-16H2/t19-/m1/s1. The second-order valence-electron chi connectivity index (χ2n) is 7.14. The molecule has 2 aromatic rings. The molecule has 2 aromatic carbocycles. The highest BCUT2D eigenvalue weighted by atomic mass is 16.6. The zero-order valence-electron chi connectivity index (χ0n) is 15.9. The molecule has 28 heavy (non-hydrogen) atoms. The first-order valence-corrected chi connectivity index (χ1v) is 9.85. The van der Waals surface area contributed by atoms with E-state index in [0.717, 1.165) is 43.1 Å². The number of carbonyl (C=O) groups excluding carboxylic acids is 1. The van der Waals surface area contributed by atoms with Gasteiger partial charge in [-0.15, -0.1) is 0 Å². The lowest BCUT2D eigenvalue weighted by Gasteiger charge is -2.33. The van der Waals surface area contributed by atoms with Crippen molar-refractivity contribution in [2.45, 2.75) is 25.5 Å². The zero-order valence-corrected chi connectivity index (χ0v) is 15.9. The monoisotopic (exact) mass is 382 g/mol. The van der Waals surface area contributed by atoms with Gasteiger partial charge in [-0.3, -0.25) is 0 Å². The molecule has 1 N–H and O–H groups in total. The lowest BCUT2D eigenvalue weighted by atomic mass is 10.1. The van der Waals surface area contributed by atoms with E-state index >= 15 is 0 Å². The minimum atomic E-state index is -0.257. The molecule has 6 heteroatoms. The van der Waals surface area contributed by atoms with E-state index in [4.69, 9.17) is 14.2 Å². The number of nitrogens with one attached hydrogen (secondary N) is 1. The number of nitrogens with zero attached hydrogens (tertiary/aromatic N) is 1. The third-order valence-corrected chi connectivity index (χ3v) is 5.12. The van der Waals surface area contributed by atoms with Gasteiger partial charge in [-0.2, -0.15) is 0 Å². The predicted octanol–water partition coefficient (Wildman–Crippen LogP) is 3.00. The van der Waals surface area contributed by atoms with Crippen LogP contribution in [0.5, 0.6) is 11.5 Å². The van der Waals surface area contributed by atoms with Crippen LogP contribution >= 0.6 is 0 Å². The van der Waals surface area contributed by atoms with E-state index in [0.29, 0.717) is 26.3 Å². The molecule has 0 bridgehead atoms. The van der Waals surface area contributed by atoms with E-state index in [9.17, 15) is 4.79 Å². The van der Waals surface area contributed by atoms with E-state index in [-0.39, 0.29) is 12.1 Å². The van der Waals surface area contributed by atoms with Crippen molar-refractivity contribution in [1.82, 2.24) is 10.2 Å². The molecule has 0 unspecified atom stereocenters. The number of benzene rings is 2. The minimum absolute atomic E-state index is 0.198. The highest BCUT2D eigenvalue weighted by Crippen LogP contribution is 2.29.